The van der Waals surface area contributed by atoms with Crippen LogP contribution in [0, 0.1) is 10.1 Å². The first-order valence-electron chi connectivity index (χ1n) is 9.08. The second kappa shape index (κ2) is 8.79. The van der Waals surface area contributed by atoms with Gasteiger partial charge in [0, 0.05) is 23.4 Å². The van der Waals surface area contributed by atoms with Crippen LogP contribution in [0.15, 0.2) is 65.8 Å². The second-order valence-electron chi connectivity index (χ2n) is 6.31. The first-order valence-corrected chi connectivity index (χ1v) is 10.1. The molecule has 2 heterocycles. The number of ether oxygens (including phenoxy) is 1. The molecule has 10 nitrogen and oxygen atoms in total. The molecule has 2 aromatic heterocycles. The third-order valence-corrected chi connectivity index (χ3v) is 5.23. The standard InChI is InChI=1S/C20H16N6O4S/c1-30-17-5-3-2-4-15(17)16-10-11-18-22-23-20(25(18)24-16)31-12-19(27)21-13-6-8-14(9-7-13)26(28)29/h2-11H,12H2,1H3,(H,21,27). The number of rotatable bonds is 7. The molecule has 0 fully saturated rings. The smallest absolute Gasteiger partial charge is 0.269 e. The number of nitro groups is 1. The average molecular weight is 436 g/mol. The summed E-state index contributed by atoms with van der Waals surface area (Å²) in [7, 11) is 1.60. The van der Waals surface area contributed by atoms with Crippen LogP contribution in [0.5, 0.6) is 5.75 Å². The van der Waals surface area contributed by atoms with E-state index in [2.05, 4.69) is 20.6 Å². The number of thioether (sulfide) groups is 1. The number of carbonyl (C=O) groups is 1. The van der Waals surface area contributed by atoms with Crippen LogP contribution >= 0.6 is 11.8 Å². The lowest BCUT2D eigenvalue weighted by molar-refractivity contribution is -0.384. The third-order valence-electron chi connectivity index (χ3n) is 4.31. The first-order chi connectivity index (χ1) is 15.0. The maximum atomic E-state index is 12.3. The topological polar surface area (TPSA) is 125 Å². The van der Waals surface area contributed by atoms with E-state index in [4.69, 9.17) is 4.74 Å². The number of fused-ring (bicyclic) bond motifs is 1. The van der Waals surface area contributed by atoms with Crippen LogP contribution in [-0.4, -0.2) is 43.5 Å². The number of non-ortho nitro benzene ring substituents is 1. The van der Waals surface area contributed by atoms with Crippen LogP contribution in [0.1, 0.15) is 0 Å². The van der Waals surface area contributed by atoms with Crippen LogP contribution < -0.4 is 10.1 Å². The highest BCUT2D eigenvalue weighted by molar-refractivity contribution is 7.99. The van der Waals surface area contributed by atoms with E-state index < -0.39 is 4.92 Å². The lowest BCUT2D eigenvalue weighted by Crippen LogP contribution is -2.14. The van der Waals surface area contributed by atoms with Crippen molar-refractivity contribution in [1.82, 2.24) is 19.8 Å². The summed E-state index contributed by atoms with van der Waals surface area (Å²) in [6.45, 7) is 0. The Hall–Kier alpha value is -3.99. The first kappa shape index (κ1) is 20.3. The van der Waals surface area contributed by atoms with Crippen LogP contribution in [-0.2, 0) is 4.79 Å². The molecular weight excluding hydrogens is 420 g/mol. The van der Waals surface area contributed by atoms with E-state index >= 15 is 0 Å². The Morgan fingerprint density at radius 1 is 1.13 bits per heavy atom. The SMILES string of the molecule is COc1ccccc1-c1ccc2nnc(SCC(=O)Nc3ccc([N+](=O)[O-])cc3)n2n1. The van der Waals surface area contributed by atoms with Gasteiger partial charge in [-0.3, -0.25) is 14.9 Å². The van der Waals surface area contributed by atoms with Crippen molar-refractivity contribution in [2.24, 2.45) is 0 Å². The van der Waals surface area contributed by atoms with Crippen LogP contribution in [0.3, 0.4) is 0 Å². The summed E-state index contributed by atoms with van der Waals surface area (Å²) in [5.74, 6) is 0.480. The van der Waals surface area contributed by atoms with E-state index in [0.717, 1.165) is 5.56 Å². The summed E-state index contributed by atoms with van der Waals surface area (Å²) < 4.78 is 6.98. The quantitative estimate of drug-likeness (QED) is 0.265. The van der Waals surface area contributed by atoms with Gasteiger partial charge in [-0.2, -0.15) is 9.61 Å². The molecule has 0 aliphatic heterocycles. The number of nitrogens with zero attached hydrogens (tertiary/aromatic N) is 5. The Balaban J connectivity index is 1.48. The molecule has 0 unspecified atom stereocenters. The second-order valence-corrected chi connectivity index (χ2v) is 7.25. The van der Waals surface area contributed by atoms with E-state index in [-0.39, 0.29) is 17.3 Å². The van der Waals surface area contributed by atoms with Gasteiger partial charge in [0.05, 0.1) is 23.5 Å². The number of anilines is 1. The van der Waals surface area contributed by atoms with Gasteiger partial charge in [-0.25, -0.2) is 0 Å². The van der Waals surface area contributed by atoms with Gasteiger partial charge in [0.25, 0.3) is 5.69 Å². The lowest BCUT2D eigenvalue weighted by atomic mass is 10.1. The number of amides is 1. The van der Waals surface area contributed by atoms with E-state index in [1.807, 2.05) is 30.3 Å². The summed E-state index contributed by atoms with van der Waals surface area (Å²) >= 11 is 1.18. The molecule has 0 spiro atoms. The molecule has 2 aromatic carbocycles. The number of benzene rings is 2. The Morgan fingerprint density at radius 3 is 2.65 bits per heavy atom. The molecule has 31 heavy (non-hydrogen) atoms. The number of carbonyl (C=O) groups excluding carboxylic acids is 1. The fraction of sp³-hybridized carbons (Fsp3) is 0.100. The fourth-order valence-electron chi connectivity index (χ4n) is 2.85. The van der Waals surface area contributed by atoms with E-state index in [9.17, 15) is 14.9 Å². The maximum absolute atomic E-state index is 12.3. The number of hydrogen-bond acceptors (Lipinski definition) is 8. The van der Waals surface area contributed by atoms with Gasteiger partial charge in [-0.05, 0) is 36.4 Å². The van der Waals surface area contributed by atoms with E-state index in [1.54, 1.807) is 17.7 Å². The average Bonchev–Trinajstić information content (AvgIpc) is 3.20. The molecule has 0 bridgehead atoms. The number of methoxy groups -OCH3 is 1. The molecule has 1 N–H and O–H groups in total. The van der Waals surface area contributed by atoms with Crippen molar-refractivity contribution in [3.8, 4) is 17.0 Å². The van der Waals surface area contributed by atoms with Crippen molar-refractivity contribution < 1.29 is 14.5 Å². The molecule has 0 aliphatic rings. The molecule has 0 saturated carbocycles. The third kappa shape index (κ3) is 4.46. The minimum absolute atomic E-state index is 0.0424. The van der Waals surface area contributed by atoms with Gasteiger partial charge < -0.3 is 10.1 Å². The summed E-state index contributed by atoms with van der Waals surface area (Å²) in [6.07, 6.45) is 0. The summed E-state index contributed by atoms with van der Waals surface area (Å²) in [5, 5.41) is 26.7. The predicted molar refractivity (Wildman–Crippen MR) is 115 cm³/mol. The van der Waals surface area contributed by atoms with Crippen molar-refractivity contribution in [2.45, 2.75) is 5.16 Å². The molecule has 1 amide bonds. The van der Waals surface area contributed by atoms with E-state index in [1.165, 1.54) is 36.0 Å². The van der Waals surface area contributed by atoms with Crippen LogP contribution in [0.2, 0.25) is 0 Å². The number of aromatic nitrogens is 4. The Kier molecular flexibility index (Phi) is 5.76. The maximum Gasteiger partial charge on any atom is 0.269 e. The number of nitro benzene ring substituents is 1. The van der Waals surface area contributed by atoms with Gasteiger partial charge in [-0.1, -0.05) is 23.9 Å². The van der Waals surface area contributed by atoms with Gasteiger partial charge in [0.15, 0.2) is 5.65 Å². The van der Waals surface area contributed by atoms with Crippen molar-refractivity contribution >= 4 is 34.7 Å². The molecule has 0 saturated heterocycles. The van der Waals surface area contributed by atoms with Crippen LogP contribution in [0.25, 0.3) is 16.9 Å². The minimum Gasteiger partial charge on any atom is -0.496 e. The summed E-state index contributed by atoms with van der Waals surface area (Å²) in [4.78, 5) is 22.5. The zero-order valence-electron chi connectivity index (χ0n) is 16.3. The van der Waals surface area contributed by atoms with Crippen LogP contribution in [0.4, 0.5) is 11.4 Å². The number of nitrogens with one attached hydrogen (secondary N) is 1. The van der Waals surface area contributed by atoms with Crippen molar-refractivity contribution in [3.63, 3.8) is 0 Å². The van der Waals surface area contributed by atoms with Gasteiger partial charge in [0.1, 0.15) is 5.75 Å². The van der Waals surface area contributed by atoms with Crippen molar-refractivity contribution in [3.05, 3.63) is 70.8 Å². The number of hydrogen-bond donors (Lipinski definition) is 1. The highest BCUT2D eigenvalue weighted by Crippen LogP contribution is 2.28. The summed E-state index contributed by atoms with van der Waals surface area (Å²) in [5.41, 5.74) is 2.49. The Morgan fingerprint density at radius 2 is 1.90 bits per heavy atom. The minimum atomic E-state index is -0.496. The van der Waals surface area contributed by atoms with Gasteiger partial charge in [0.2, 0.25) is 11.1 Å². The zero-order chi connectivity index (χ0) is 21.8. The predicted octanol–water partition coefficient (Wildman–Crippen LogP) is 3.44. The molecular formula is C20H16N6O4S. The fourth-order valence-corrected chi connectivity index (χ4v) is 3.54. The zero-order valence-corrected chi connectivity index (χ0v) is 17.1. The van der Waals surface area contributed by atoms with Crippen molar-refractivity contribution in [1.29, 1.82) is 0 Å². The highest BCUT2D eigenvalue weighted by atomic mass is 32.2. The van der Waals surface area contributed by atoms with Gasteiger partial charge >= 0.3 is 0 Å². The molecule has 0 atom stereocenters. The van der Waals surface area contributed by atoms with E-state index in [0.29, 0.717) is 27.9 Å². The Labute approximate surface area is 180 Å². The van der Waals surface area contributed by atoms with Gasteiger partial charge in [-0.15, -0.1) is 10.2 Å². The molecule has 4 rings (SSSR count). The van der Waals surface area contributed by atoms with Crippen molar-refractivity contribution in [2.75, 3.05) is 18.2 Å². The number of para-hydroxylation sites is 1. The normalized spacial score (nSPS) is 10.7. The Bertz CT molecular complexity index is 1260. The molecule has 156 valence electrons. The monoisotopic (exact) mass is 436 g/mol. The molecule has 4 aromatic rings. The highest BCUT2D eigenvalue weighted by Gasteiger charge is 2.14. The molecule has 0 radical (unpaired) electrons. The summed E-state index contributed by atoms with van der Waals surface area (Å²) in [6, 6.07) is 16.8. The molecule has 0 aliphatic carbocycles. The lowest BCUT2D eigenvalue weighted by Gasteiger charge is -2.08. The largest absolute Gasteiger partial charge is 0.496 e. The molecule has 11 heteroatoms.